The Morgan fingerprint density at radius 2 is 2.24 bits per heavy atom. The summed E-state index contributed by atoms with van der Waals surface area (Å²) in [4.78, 5) is 27.5. The first-order valence-electron chi connectivity index (χ1n) is 9.97. The number of amides is 1. The summed E-state index contributed by atoms with van der Waals surface area (Å²) >= 11 is 0. The molecule has 4 rings (SSSR count). The summed E-state index contributed by atoms with van der Waals surface area (Å²) in [5, 5.41) is 7.72. The molecule has 1 atom stereocenters. The predicted octanol–water partition coefficient (Wildman–Crippen LogP) is 3.52. The summed E-state index contributed by atoms with van der Waals surface area (Å²) in [7, 11) is 1.57. The Hall–Kier alpha value is -3.09. The molecule has 2 aromatic heterocycles. The van der Waals surface area contributed by atoms with Gasteiger partial charge >= 0.3 is 5.63 Å². The van der Waals surface area contributed by atoms with Gasteiger partial charge in [-0.15, -0.1) is 0 Å². The number of benzene rings is 1. The average Bonchev–Trinajstić information content (AvgIpc) is 3.27. The fourth-order valence-electron chi connectivity index (χ4n) is 4.19. The van der Waals surface area contributed by atoms with Crippen LogP contribution in [0.5, 0.6) is 5.75 Å². The number of hydrogen-bond donors (Lipinski definition) is 1. The first-order chi connectivity index (χ1) is 14.1. The van der Waals surface area contributed by atoms with Gasteiger partial charge in [-0.1, -0.05) is 0 Å². The average molecular weight is 395 g/mol. The van der Waals surface area contributed by atoms with Crippen LogP contribution in [-0.2, 0) is 11.2 Å². The molecule has 0 aliphatic carbocycles. The number of likely N-dealkylation sites (tertiary alicyclic amines) is 1. The van der Waals surface area contributed by atoms with Crippen LogP contribution in [0.25, 0.3) is 11.0 Å². The van der Waals surface area contributed by atoms with Crippen LogP contribution in [0.15, 0.2) is 39.8 Å². The summed E-state index contributed by atoms with van der Waals surface area (Å²) in [5.41, 5.74) is 2.57. The lowest BCUT2D eigenvalue weighted by Gasteiger charge is -2.35. The molecule has 1 saturated heterocycles. The topological polar surface area (TPSA) is 88.4 Å². The van der Waals surface area contributed by atoms with Crippen molar-refractivity contribution in [3.05, 3.63) is 57.7 Å². The molecule has 1 N–H and O–H groups in total. The summed E-state index contributed by atoms with van der Waals surface area (Å²) < 4.78 is 10.7. The van der Waals surface area contributed by atoms with E-state index in [0.717, 1.165) is 42.3 Å². The van der Waals surface area contributed by atoms with E-state index in [9.17, 15) is 9.59 Å². The molecular weight excluding hydrogens is 370 g/mol. The van der Waals surface area contributed by atoms with Gasteiger partial charge < -0.3 is 14.1 Å². The van der Waals surface area contributed by atoms with Crippen molar-refractivity contribution in [3.8, 4) is 5.75 Å². The van der Waals surface area contributed by atoms with E-state index in [-0.39, 0.29) is 24.0 Å². The molecule has 0 bridgehead atoms. The maximum Gasteiger partial charge on any atom is 0.339 e. The highest BCUT2D eigenvalue weighted by Crippen LogP contribution is 2.31. The summed E-state index contributed by atoms with van der Waals surface area (Å²) in [6.45, 7) is 2.64. The molecule has 3 heterocycles. The van der Waals surface area contributed by atoms with Crippen LogP contribution < -0.4 is 10.4 Å². The predicted molar refractivity (Wildman–Crippen MR) is 109 cm³/mol. The van der Waals surface area contributed by atoms with E-state index in [1.54, 1.807) is 19.4 Å². The van der Waals surface area contributed by atoms with E-state index in [2.05, 4.69) is 10.2 Å². The molecule has 152 valence electrons. The minimum Gasteiger partial charge on any atom is -0.497 e. The highest BCUT2D eigenvalue weighted by molar-refractivity contribution is 5.83. The zero-order valence-corrected chi connectivity index (χ0v) is 16.7. The number of carbonyl (C=O) groups is 1. The molecule has 7 nitrogen and oxygen atoms in total. The third-order valence-electron chi connectivity index (χ3n) is 5.81. The molecular formula is C22H25N3O4. The standard InChI is InChI=1S/C22H25N3O4/c1-14-17-7-6-16(28-2)11-20(17)29-22(27)18(14)8-9-21(26)25-10-4-3-5-19(25)15-12-23-24-13-15/h6-7,11-13,19H,3-5,8-10H2,1-2H3,(H,23,24)/t19-/m0/s1. The van der Waals surface area contributed by atoms with Crippen LogP contribution in [-0.4, -0.2) is 34.7 Å². The lowest BCUT2D eigenvalue weighted by atomic mass is 9.96. The molecule has 0 saturated carbocycles. The molecule has 1 fully saturated rings. The number of fused-ring (bicyclic) bond motifs is 1. The summed E-state index contributed by atoms with van der Waals surface area (Å²) in [6, 6.07) is 5.49. The van der Waals surface area contributed by atoms with E-state index in [0.29, 0.717) is 23.3 Å². The van der Waals surface area contributed by atoms with Gasteiger partial charge in [0, 0.05) is 41.7 Å². The van der Waals surface area contributed by atoms with Crippen molar-refractivity contribution in [2.75, 3.05) is 13.7 Å². The number of rotatable bonds is 5. The van der Waals surface area contributed by atoms with Crippen molar-refractivity contribution in [1.29, 1.82) is 0 Å². The van der Waals surface area contributed by atoms with Gasteiger partial charge in [0.15, 0.2) is 0 Å². The van der Waals surface area contributed by atoms with E-state index in [4.69, 9.17) is 9.15 Å². The first-order valence-corrected chi connectivity index (χ1v) is 9.97. The minimum atomic E-state index is -0.388. The molecule has 1 amide bonds. The third-order valence-corrected chi connectivity index (χ3v) is 5.81. The molecule has 1 aromatic carbocycles. The van der Waals surface area contributed by atoms with Crippen molar-refractivity contribution < 1.29 is 13.9 Å². The van der Waals surface area contributed by atoms with E-state index >= 15 is 0 Å². The quantitative estimate of drug-likeness (QED) is 0.668. The molecule has 1 aliphatic heterocycles. The maximum atomic E-state index is 13.0. The Morgan fingerprint density at radius 3 is 3.00 bits per heavy atom. The van der Waals surface area contributed by atoms with Crippen molar-refractivity contribution in [2.45, 2.75) is 45.1 Å². The molecule has 1 aliphatic rings. The SMILES string of the molecule is COc1ccc2c(C)c(CCC(=O)N3CCCC[C@H]3c3cn[nH]c3)c(=O)oc2c1. The number of aromatic amines is 1. The van der Waals surface area contributed by atoms with Gasteiger partial charge in [0.1, 0.15) is 11.3 Å². The smallest absolute Gasteiger partial charge is 0.339 e. The minimum absolute atomic E-state index is 0.0524. The van der Waals surface area contributed by atoms with Crippen molar-refractivity contribution in [1.82, 2.24) is 15.1 Å². The monoisotopic (exact) mass is 395 g/mol. The van der Waals surface area contributed by atoms with Crippen LogP contribution in [0.4, 0.5) is 0 Å². The number of hydrogen-bond acceptors (Lipinski definition) is 5. The normalized spacial score (nSPS) is 16.9. The lowest BCUT2D eigenvalue weighted by molar-refractivity contribution is -0.135. The molecule has 0 radical (unpaired) electrons. The molecule has 0 spiro atoms. The van der Waals surface area contributed by atoms with Gasteiger partial charge in [0.25, 0.3) is 0 Å². The van der Waals surface area contributed by atoms with Crippen molar-refractivity contribution >= 4 is 16.9 Å². The number of aryl methyl sites for hydroxylation is 1. The second-order valence-electron chi connectivity index (χ2n) is 7.49. The Morgan fingerprint density at radius 1 is 1.38 bits per heavy atom. The number of nitrogens with one attached hydrogen (secondary N) is 1. The van der Waals surface area contributed by atoms with E-state index in [1.807, 2.05) is 30.2 Å². The largest absolute Gasteiger partial charge is 0.497 e. The van der Waals surface area contributed by atoms with Gasteiger partial charge in [-0.2, -0.15) is 5.10 Å². The fraction of sp³-hybridized carbons (Fsp3) is 0.409. The Labute approximate surface area is 168 Å². The van der Waals surface area contributed by atoms with Crippen LogP contribution in [0.1, 0.15) is 48.4 Å². The van der Waals surface area contributed by atoms with Gasteiger partial charge in [0.05, 0.1) is 19.3 Å². The second kappa shape index (κ2) is 8.11. The lowest BCUT2D eigenvalue weighted by Crippen LogP contribution is -2.38. The molecule has 3 aromatic rings. The number of carbonyl (C=O) groups excluding carboxylic acids is 1. The summed E-state index contributed by atoms with van der Waals surface area (Å²) in [5.74, 6) is 0.697. The number of aromatic nitrogens is 2. The van der Waals surface area contributed by atoms with Gasteiger partial charge in [0.2, 0.25) is 5.91 Å². The maximum absolute atomic E-state index is 13.0. The molecule has 0 unspecified atom stereocenters. The van der Waals surface area contributed by atoms with Crippen LogP contribution in [0.3, 0.4) is 0 Å². The van der Waals surface area contributed by atoms with E-state index < -0.39 is 0 Å². The number of piperidine rings is 1. The summed E-state index contributed by atoms with van der Waals surface area (Å²) in [6.07, 6.45) is 7.31. The highest BCUT2D eigenvalue weighted by Gasteiger charge is 2.28. The van der Waals surface area contributed by atoms with Crippen LogP contribution in [0, 0.1) is 6.92 Å². The zero-order chi connectivity index (χ0) is 20.4. The first kappa shape index (κ1) is 19.2. The van der Waals surface area contributed by atoms with Crippen molar-refractivity contribution in [3.63, 3.8) is 0 Å². The highest BCUT2D eigenvalue weighted by atomic mass is 16.5. The number of nitrogens with zero attached hydrogens (tertiary/aromatic N) is 2. The second-order valence-corrected chi connectivity index (χ2v) is 7.49. The van der Waals surface area contributed by atoms with Crippen LogP contribution >= 0.6 is 0 Å². The number of H-pyrrole nitrogens is 1. The molecule has 7 heteroatoms. The van der Waals surface area contributed by atoms with Gasteiger partial charge in [-0.05, 0) is 50.3 Å². The van der Waals surface area contributed by atoms with Gasteiger partial charge in [-0.25, -0.2) is 4.79 Å². The zero-order valence-electron chi connectivity index (χ0n) is 16.7. The van der Waals surface area contributed by atoms with E-state index in [1.165, 1.54) is 0 Å². The molecule has 29 heavy (non-hydrogen) atoms. The van der Waals surface area contributed by atoms with Crippen molar-refractivity contribution in [2.24, 2.45) is 0 Å². The van der Waals surface area contributed by atoms with Gasteiger partial charge in [-0.3, -0.25) is 9.89 Å². The third kappa shape index (κ3) is 3.77. The number of methoxy groups -OCH3 is 1. The van der Waals surface area contributed by atoms with Crippen LogP contribution in [0.2, 0.25) is 0 Å². The Bertz CT molecular complexity index is 1070. The Balaban J connectivity index is 1.54. The Kier molecular flexibility index (Phi) is 5.38. The number of ether oxygens (including phenoxy) is 1. The fourth-order valence-corrected chi connectivity index (χ4v) is 4.19.